The van der Waals surface area contributed by atoms with Crippen LogP contribution < -0.4 is 10.5 Å². The molecule has 0 aliphatic carbocycles. The summed E-state index contributed by atoms with van der Waals surface area (Å²) in [6, 6.07) is 5.70. The molecule has 0 spiro atoms. The first-order valence-electron chi connectivity index (χ1n) is 5.60. The lowest BCUT2D eigenvalue weighted by Crippen LogP contribution is -2.09. The van der Waals surface area contributed by atoms with Crippen molar-refractivity contribution >= 4 is 0 Å². The van der Waals surface area contributed by atoms with E-state index >= 15 is 0 Å². The van der Waals surface area contributed by atoms with E-state index in [1.165, 1.54) is 18.3 Å². The highest BCUT2D eigenvalue weighted by molar-refractivity contribution is 5.41. The first-order chi connectivity index (χ1) is 9.41. The third kappa shape index (κ3) is 3.05. The Balaban J connectivity index is 2.44. The number of pyridine rings is 1. The lowest BCUT2D eigenvalue weighted by molar-refractivity contribution is -0.138. The van der Waals surface area contributed by atoms with Gasteiger partial charge in [0.25, 0.3) is 5.88 Å². The average molecular weight is 286 g/mol. The van der Waals surface area contributed by atoms with E-state index in [1.807, 2.05) is 0 Å². The van der Waals surface area contributed by atoms with Crippen molar-refractivity contribution < 1.29 is 22.3 Å². The quantitative estimate of drug-likeness (QED) is 0.879. The van der Waals surface area contributed by atoms with E-state index in [2.05, 4.69) is 4.98 Å². The number of benzene rings is 1. The lowest BCUT2D eigenvalue weighted by atomic mass is 10.1. The monoisotopic (exact) mass is 286 g/mol. The highest BCUT2D eigenvalue weighted by Crippen LogP contribution is 2.38. The first kappa shape index (κ1) is 14.3. The Bertz CT molecular complexity index is 614. The Morgan fingerprint density at radius 1 is 1.20 bits per heavy atom. The largest absolute Gasteiger partial charge is 0.436 e. The second-order valence-electron chi connectivity index (χ2n) is 3.92. The number of aromatic nitrogens is 1. The molecule has 3 nitrogen and oxygen atoms in total. The van der Waals surface area contributed by atoms with Gasteiger partial charge in [0.1, 0.15) is 5.75 Å². The molecule has 0 aliphatic rings. The molecule has 0 saturated carbocycles. The van der Waals surface area contributed by atoms with Gasteiger partial charge >= 0.3 is 6.18 Å². The normalized spacial score (nSPS) is 11.4. The van der Waals surface area contributed by atoms with Crippen LogP contribution in [0, 0.1) is 5.82 Å². The van der Waals surface area contributed by atoms with Crippen molar-refractivity contribution in [1.82, 2.24) is 4.98 Å². The molecule has 1 aromatic carbocycles. The zero-order valence-corrected chi connectivity index (χ0v) is 10.1. The maximum atomic E-state index is 13.4. The third-order valence-electron chi connectivity index (χ3n) is 2.52. The van der Waals surface area contributed by atoms with Gasteiger partial charge in [0.2, 0.25) is 0 Å². The van der Waals surface area contributed by atoms with E-state index < -0.39 is 29.2 Å². The van der Waals surface area contributed by atoms with Crippen LogP contribution in [0.5, 0.6) is 11.6 Å². The van der Waals surface area contributed by atoms with Crippen LogP contribution >= 0.6 is 0 Å². The van der Waals surface area contributed by atoms with E-state index in [4.69, 9.17) is 10.5 Å². The Morgan fingerprint density at radius 2 is 1.95 bits per heavy atom. The molecule has 0 aliphatic heterocycles. The summed E-state index contributed by atoms with van der Waals surface area (Å²) in [6.45, 7) is -0.0404. The molecule has 0 radical (unpaired) electrons. The molecule has 2 aromatic rings. The summed E-state index contributed by atoms with van der Waals surface area (Å²) in [4.78, 5) is 3.55. The summed E-state index contributed by atoms with van der Waals surface area (Å²) < 4.78 is 57.1. The Labute approximate surface area is 112 Å². The number of hydrogen-bond acceptors (Lipinski definition) is 3. The van der Waals surface area contributed by atoms with Crippen molar-refractivity contribution in [3.63, 3.8) is 0 Å². The fourth-order valence-corrected chi connectivity index (χ4v) is 1.57. The minimum atomic E-state index is -4.63. The Morgan fingerprint density at radius 3 is 2.55 bits per heavy atom. The number of halogens is 4. The van der Waals surface area contributed by atoms with Crippen LogP contribution in [0.1, 0.15) is 11.1 Å². The van der Waals surface area contributed by atoms with Crippen LogP contribution in [0.25, 0.3) is 0 Å². The second-order valence-corrected chi connectivity index (χ2v) is 3.92. The van der Waals surface area contributed by atoms with Crippen LogP contribution in [-0.4, -0.2) is 4.98 Å². The number of nitrogens with two attached hydrogens (primary N) is 1. The van der Waals surface area contributed by atoms with Crippen molar-refractivity contribution in [2.24, 2.45) is 5.73 Å². The van der Waals surface area contributed by atoms with Crippen LogP contribution in [-0.2, 0) is 12.7 Å². The first-order valence-corrected chi connectivity index (χ1v) is 5.60. The van der Waals surface area contributed by atoms with Gasteiger partial charge < -0.3 is 10.5 Å². The summed E-state index contributed by atoms with van der Waals surface area (Å²) in [7, 11) is 0. The zero-order valence-electron chi connectivity index (χ0n) is 10.1. The van der Waals surface area contributed by atoms with Gasteiger partial charge in [0.05, 0.1) is 5.56 Å². The molecular weight excluding hydrogens is 276 g/mol. The molecule has 0 bridgehead atoms. The van der Waals surface area contributed by atoms with Gasteiger partial charge in [-0.05, 0) is 29.8 Å². The van der Waals surface area contributed by atoms with Gasteiger partial charge in [-0.1, -0.05) is 6.07 Å². The fraction of sp³-hybridized carbons (Fsp3) is 0.154. The van der Waals surface area contributed by atoms with E-state index in [-0.39, 0.29) is 6.54 Å². The molecule has 0 atom stereocenters. The van der Waals surface area contributed by atoms with E-state index in [0.29, 0.717) is 5.56 Å². The topological polar surface area (TPSA) is 48.1 Å². The van der Waals surface area contributed by atoms with Gasteiger partial charge in [-0.15, -0.1) is 0 Å². The van der Waals surface area contributed by atoms with Gasteiger partial charge in [0, 0.05) is 12.7 Å². The zero-order chi connectivity index (χ0) is 14.8. The average Bonchev–Trinajstić information content (AvgIpc) is 2.40. The SMILES string of the molecule is NCc1ccc(Oc2ncccc2F)c(C(F)(F)F)c1. The molecule has 7 heteroatoms. The second kappa shape index (κ2) is 5.46. The fourth-order valence-electron chi connectivity index (χ4n) is 1.57. The molecule has 0 amide bonds. The minimum absolute atomic E-state index is 0.0404. The van der Waals surface area contributed by atoms with Crippen molar-refractivity contribution in [2.75, 3.05) is 0 Å². The number of rotatable bonds is 3. The predicted octanol–water partition coefficient (Wildman–Crippen LogP) is 3.49. The van der Waals surface area contributed by atoms with Gasteiger partial charge in [-0.2, -0.15) is 13.2 Å². The van der Waals surface area contributed by atoms with Crippen LogP contribution in [0.15, 0.2) is 36.5 Å². The summed E-state index contributed by atoms with van der Waals surface area (Å²) in [6.07, 6.45) is -3.41. The minimum Gasteiger partial charge on any atom is -0.436 e. The summed E-state index contributed by atoms with van der Waals surface area (Å²) in [5, 5.41) is 0. The highest BCUT2D eigenvalue weighted by atomic mass is 19.4. The van der Waals surface area contributed by atoms with Gasteiger partial charge in [0.15, 0.2) is 5.82 Å². The smallest absolute Gasteiger partial charge is 0.419 e. The van der Waals surface area contributed by atoms with Crippen molar-refractivity contribution in [3.05, 3.63) is 53.5 Å². The van der Waals surface area contributed by atoms with Gasteiger partial charge in [-0.3, -0.25) is 0 Å². The number of hydrogen-bond donors (Lipinski definition) is 1. The van der Waals surface area contributed by atoms with Crippen LogP contribution in [0.4, 0.5) is 17.6 Å². The van der Waals surface area contributed by atoms with Crippen molar-refractivity contribution in [1.29, 1.82) is 0 Å². The standard InChI is InChI=1S/C13H10F4N2O/c14-10-2-1-5-19-12(10)20-11-4-3-8(7-18)6-9(11)13(15,16)17/h1-6H,7,18H2. The van der Waals surface area contributed by atoms with Gasteiger partial charge in [-0.25, -0.2) is 9.37 Å². The Kier molecular flexibility index (Phi) is 3.89. The molecule has 0 fully saturated rings. The Hall–Kier alpha value is -2.15. The molecule has 2 rings (SSSR count). The van der Waals surface area contributed by atoms with E-state index in [9.17, 15) is 17.6 Å². The maximum absolute atomic E-state index is 13.4. The van der Waals surface area contributed by atoms with Crippen molar-refractivity contribution in [3.8, 4) is 11.6 Å². The van der Waals surface area contributed by atoms with E-state index in [1.54, 1.807) is 0 Å². The van der Waals surface area contributed by atoms with Crippen molar-refractivity contribution in [2.45, 2.75) is 12.7 Å². The van der Waals surface area contributed by atoms with E-state index in [0.717, 1.165) is 18.2 Å². The summed E-state index contributed by atoms with van der Waals surface area (Å²) in [5.41, 5.74) is 4.58. The van der Waals surface area contributed by atoms with Crippen LogP contribution in [0.3, 0.4) is 0 Å². The summed E-state index contributed by atoms with van der Waals surface area (Å²) in [5.74, 6) is -1.88. The molecule has 1 aromatic heterocycles. The predicted molar refractivity (Wildman–Crippen MR) is 63.6 cm³/mol. The molecule has 20 heavy (non-hydrogen) atoms. The molecular formula is C13H10F4N2O. The third-order valence-corrected chi connectivity index (χ3v) is 2.52. The molecule has 106 valence electrons. The number of alkyl halides is 3. The molecule has 2 N–H and O–H groups in total. The van der Waals surface area contributed by atoms with Crippen LogP contribution in [0.2, 0.25) is 0 Å². The maximum Gasteiger partial charge on any atom is 0.419 e. The summed E-state index contributed by atoms with van der Waals surface area (Å²) >= 11 is 0. The lowest BCUT2D eigenvalue weighted by Gasteiger charge is -2.14. The molecule has 0 saturated heterocycles. The molecule has 0 unspecified atom stereocenters. The molecule has 1 heterocycles. The number of nitrogens with zero attached hydrogens (tertiary/aromatic N) is 1. The highest BCUT2D eigenvalue weighted by Gasteiger charge is 2.35. The number of ether oxygens (including phenoxy) is 1.